The fraction of sp³-hybridized carbons (Fsp3) is 0.429. The highest BCUT2D eigenvalue weighted by atomic mass is 16.6. The maximum atomic E-state index is 12.7. The summed E-state index contributed by atoms with van der Waals surface area (Å²) in [6.45, 7) is 3.93. The van der Waals surface area contributed by atoms with E-state index in [1.54, 1.807) is 36.0 Å². The van der Waals surface area contributed by atoms with Crippen LogP contribution in [0.3, 0.4) is 0 Å². The molecule has 0 aliphatic carbocycles. The molecule has 1 saturated heterocycles. The smallest absolute Gasteiger partial charge is 0.409 e. The van der Waals surface area contributed by atoms with Gasteiger partial charge in [-0.2, -0.15) is 0 Å². The van der Waals surface area contributed by atoms with Crippen molar-refractivity contribution in [3.05, 3.63) is 53.9 Å². The third-order valence-corrected chi connectivity index (χ3v) is 4.84. The third kappa shape index (κ3) is 5.66. The van der Waals surface area contributed by atoms with E-state index in [1.165, 1.54) is 0 Å². The molecule has 29 heavy (non-hydrogen) atoms. The number of nitrogens with one attached hydrogen (secondary N) is 1. The number of hydrogen-bond donors (Lipinski definition) is 1. The van der Waals surface area contributed by atoms with Crippen molar-refractivity contribution in [1.82, 2.24) is 19.8 Å². The normalized spacial score (nSPS) is 14.3. The van der Waals surface area contributed by atoms with Gasteiger partial charge in [0.05, 0.1) is 6.61 Å². The molecule has 154 valence electrons. The van der Waals surface area contributed by atoms with Crippen LogP contribution in [-0.2, 0) is 11.3 Å². The largest absolute Gasteiger partial charge is 0.450 e. The van der Waals surface area contributed by atoms with Crippen LogP contribution in [-0.4, -0.2) is 64.6 Å². The summed E-state index contributed by atoms with van der Waals surface area (Å²) in [5, 5.41) is 3.28. The van der Waals surface area contributed by atoms with Gasteiger partial charge >= 0.3 is 6.09 Å². The molecule has 2 heterocycles. The number of benzene rings is 1. The molecule has 2 aromatic rings. The Labute approximate surface area is 170 Å². The summed E-state index contributed by atoms with van der Waals surface area (Å²) < 4.78 is 5.04. The summed E-state index contributed by atoms with van der Waals surface area (Å²) >= 11 is 0. The first-order chi connectivity index (χ1) is 14.1. The van der Waals surface area contributed by atoms with E-state index >= 15 is 0 Å². The Morgan fingerprint density at radius 2 is 1.93 bits per heavy atom. The lowest BCUT2D eigenvalue weighted by molar-refractivity contribution is 0.0778. The monoisotopic (exact) mass is 397 g/mol. The highest BCUT2D eigenvalue weighted by molar-refractivity contribution is 5.92. The van der Waals surface area contributed by atoms with Crippen molar-refractivity contribution in [3.63, 3.8) is 0 Å². The van der Waals surface area contributed by atoms with Gasteiger partial charge in [0.15, 0.2) is 0 Å². The molecule has 1 N–H and O–H groups in total. The number of hydrogen-bond acceptors (Lipinski definition) is 6. The summed E-state index contributed by atoms with van der Waals surface area (Å²) in [5.41, 5.74) is 1.41. The number of rotatable bonds is 6. The molecule has 1 aliphatic heterocycles. The van der Waals surface area contributed by atoms with Gasteiger partial charge in [-0.15, -0.1) is 0 Å². The number of aromatic nitrogens is 2. The zero-order valence-corrected chi connectivity index (χ0v) is 16.9. The number of ether oxygens (including phenoxy) is 1. The van der Waals surface area contributed by atoms with Crippen LogP contribution in [0.4, 0.5) is 10.7 Å². The van der Waals surface area contributed by atoms with Gasteiger partial charge in [-0.3, -0.25) is 4.79 Å². The predicted octanol–water partition coefficient (Wildman–Crippen LogP) is 2.78. The molecular weight excluding hydrogens is 370 g/mol. The number of carbonyl (C=O) groups excluding carboxylic acids is 2. The Balaban J connectivity index is 1.55. The fourth-order valence-corrected chi connectivity index (χ4v) is 3.28. The summed E-state index contributed by atoms with van der Waals surface area (Å²) in [7, 11) is 1.76. The Hall–Kier alpha value is -3.16. The number of carbonyl (C=O) groups is 2. The van der Waals surface area contributed by atoms with E-state index in [0.29, 0.717) is 37.9 Å². The SMILES string of the molecule is CCOC(=O)N1CCC(Nc2nccc(C(=O)N(C)Cc3ccccc3)n2)CC1. The maximum absolute atomic E-state index is 12.7. The molecule has 1 aromatic heterocycles. The van der Waals surface area contributed by atoms with Crippen molar-refractivity contribution in [3.8, 4) is 0 Å². The number of piperidine rings is 1. The lowest BCUT2D eigenvalue weighted by Gasteiger charge is -2.31. The average molecular weight is 397 g/mol. The van der Waals surface area contributed by atoms with Gasteiger partial charge in [-0.05, 0) is 31.4 Å². The van der Waals surface area contributed by atoms with Crippen LogP contribution in [0.1, 0.15) is 35.8 Å². The van der Waals surface area contributed by atoms with Crippen LogP contribution in [0.5, 0.6) is 0 Å². The van der Waals surface area contributed by atoms with E-state index in [1.807, 2.05) is 30.3 Å². The van der Waals surface area contributed by atoms with E-state index in [4.69, 9.17) is 4.74 Å². The Bertz CT molecular complexity index is 822. The van der Waals surface area contributed by atoms with Crippen LogP contribution in [0.2, 0.25) is 0 Å². The van der Waals surface area contributed by atoms with Crippen molar-refractivity contribution < 1.29 is 14.3 Å². The van der Waals surface area contributed by atoms with Crippen LogP contribution in [0.15, 0.2) is 42.6 Å². The molecule has 2 amide bonds. The number of likely N-dealkylation sites (tertiary alicyclic amines) is 1. The van der Waals surface area contributed by atoms with Crippen molar-refractivity contribution in [2.45, 2.75) is 32.4 Å². The zero-order valence-electron chi connectivity index (χ0n) is 16.9. The van der Waals surface area contributed by atoms with Gasteiger partial charge in [0.2, 0.25) is 5.95 Å². The van der Waals surface area contributed by atoms with E-state index < -0.39 is 0 Å². The first-order valence-corrected chi connectivity index (χ1v) is 9.87. The van der Waals surface area contributed by atoms with Gasteiger partial charge in [0.25, 0.3) is 5.91 Å². The quantitative estimate of drug-likeness (QED) is 0.806. The Morgan fingerprint density at radius 1 is 1.21 bits per heavy atom. The molecule has 1 fully saturated rings. The molecule has 0 bridgehead atoms. The standard InChI is InChI=1S/C21H27N5O3/c1-3-29-21(28)26-13-10-17(11-14-26)23-20-22-12-9-18(24-20)19(27)25(2)15-16-7-5-4-6-8-16/h4-9,12,17H,3,10-11,13-15H2,1-2H3,(H,22,23,24). The van der Waals surface area contributed by atoms with Crippen molar-refractivity contribution in [2.24, 2.45) is 0 Å². The summed E-state index contributed by atoms with van der Waals surface area (Å²) in [4.78, 5) is 36.5. The maximum Gasteiger partial charge on any atom is 0.409 e. The predicted molar refractivity (Wildman–Crippen MR) is 110 cm³/mol. The van der Waals surface area contributed by atoms with Gasteiger partial charge in [-0.25, -0.2) is 14.8 Å². The Kier molecular flexibility index (Phi) is 6.99. The summed E-state index contributed by atoms with van der Waals surface area (Å²) in [5.74, 6) is 0.273. The molecule has 0 unspecified atom stereocenters. The zero-order chi connectivity index (χ0) is 20.6. The highest BCUT2D eigenvalue weighted by Crippen LogP contribution is 2.16. The molecule has 1 aromatic carbocycles. The molecular formula is C21H27N5O3. The second-order valence-electron chi connectivity index (χ2n) is 7.02. The second-order valence-corrected chi connectivity index (χ2v) is 7.02. The summed E-state index contributed by atoms with van der Waals surface area (Å²) in [6, 6.07) is 11.6. The van der Waals surface area contributed by atoms with E-state index in [2.05, 4.69) is 15.3 Å². The molecule has 8 nitrogen and oxygen atoms in total. The Morgan fingerprint density at radius 3 is 2.62 bits per heavy atom. The summed E-state index contributed by atoms with van der Waals surface area (Å²) in [6.07, 6.45) is 2.87. The molecule has 8 heteroatoms. The number of anilines is 1. The van der Waals surface area contributed by atoms with Crippen LogP contribution < -0.4 is 5.32 Å². The lowest BCUT2D eigenvalue weighted by atomic mass is 10.1. The molecule has 1 aliphatic rings. The van der Waals surface area contributed by atoms with E-state index in [0.717, 1.165) is 18.4 Å². The van der Waals surface area contributed by atoms with Gasteiger partial charge in [0.1, 0.15) is 5.69 Å². The first-order valence-electron chi connectivity index (χ1n) is 9.87. The van der Waals surface area contributed by atoms with E-state index in [-0.39, 0.29) is 18.0 Å². The average Bonchev–Trinajstić information content (AvgIpc) is 2.75. The minimum atomic E-state index is -0.267. The van der Waals surface area contributed by atoms with Crippen LogP contribution in [0, 0.1) is 0 Å². The van der Waals surface area contributed by atoms with Crippen molar-refractivity contribution >= 4 is 17.9 Å². The third-order valence-electron chi connectivity index (χ3n) is 4.84. The first kappa shape index (κ1) is 20.6. The lowest BCUT2D eigenvalue weighted by Crippen LogP contribution is -2.42. The number of nitrogens with zero attached hydrogens (tertiary/aromatic N) is 4. The van der Waals surface area contributed by atoms with Gasteiger partial charge in [-0.1, -0.05) is 30.3 Å². The van der Waals surface area contributed by atoms with Crippen molar-refractivity contribution in [2.75, 3.05) is 32.1 Å². The van der Waals surface area contributed by atoms with Crippen LogP contribution in [0.25, 0.3) is 0 Å². The van der Waals surface area contributed by atoms with Crippen molar-refractivity contribution in [1.29, 1.82) is 0 Å². The molecule has 0 atom stereocenters. The number of amides is 2. The fourth-order valence-electron chi connectivity index (χ4n) is 3.28. The molecule has 0 spiro atoms. The van der Waals surface area contributed by atoms with Gasteiger partial charge < -0.3 is 19.9 Å². The van der Waals surface area contributed by atoms with Crippen LogP contribution >= 0.6 is 0 Å². The van der Waals surface area contributed by atoms with E-state index in [9.17, 15) is 9.59 Å². The topological polar surface area (TPSA) is 87.7 Å². The van der Waals surface area contributed by atoms with Gasteiger partial charge in [0, 0.05) is 38.9 Å². The minimum Gasteiger partial charge on any atom is -0.450 e. The highest BCUT2D eigenvalue weighted by Gasteiger charge is 2.24. The molecule has 0 radical (unpaired) electrons. The second kappa shape index (κ2) is 9.86. The molecule has 0 saturated carbocycles. The molecule has 3 rings (SSSR count). The minimum absolute atomic E-state index is 0.146.